The molecule has 2 nitrogen and oxygen atoms in total. The molecular formula is C14H15F2NOS. The van der Waals surface area contributed by atoms with Crippen molar-refractivity contribution in [2.45, 2.75) is 11.3 Å². The topological polar surface area (TPSA) is 16.4 Å². The van der Waals surface area contributed by atoms with E-state index in [0.29, 0.717) is 23.4 Å². The van der Waals surface area contributed by atoms with Crippen molar-refractivity contribution >= 4 is 22.7 Å². The molecule has 19 heavy (non-hydrogen) atoms. The highest BCUT2D eigenvalue weighted by molar-refractivity contribution is 7.99. The van der Waals surface area contributed by atoms with Crippen LogP contribution in [0.4, 0.5) is 8.78 Å². The largest absolute Gasteiger partial charge is 0.461 e. The maximum absolute atomic E-state index is 14.4. The van der Waals surface area contributed by atoms with Gasteiger partial charge in [0.15, 0.2) is 11.4 Å². The van der Waals surface area contributed by atoms with E-state index in [1.807, 2.05) is 24.1 Å². The molecule has 2 atom stereocenters. The van der Waals surface area contributed by atoms with Gasteiger partial charge in [-0.25, -0.2) is 8.78 Å². The highest BCUT2D eigenvalue weighted by Gasteiger charge is 2.29. The minimum Gasteiger partial charge on any atom is -0.461 e. The number of furan rings is 1. The van der Waals surface area contributed by atoms with Gasteiger partial charge in [-0.2, -0.15) is 11.8 Å². The number of hydrogen-bond acceptors (Lipinski definition) is 3. The first-order chi connectivity index (χ1) is 9.20. The molecule has 2 unspecified atom stereocenters. The summed E-state index contributed by atoms with van der Waals surface area (Å²) in [5, 5.41) is 0.805. The smallest absolute Gasteiger partial charge is 0.170 e. The molecule has 2 heterocycles. The molecule has 1 aliphatic rings. The Labute approximate surface area is 114 Å². The van der Waals surface area contributed by atoms with Gasteiger partial charge in [0.1, 0.15) is 6.67 Å². The number of likely N-dealkylation sites (N-methyl/N-ethyl adjacent to an activating group) is 1. The van der Waals surface area contributed by atoms with Crippen LogP contribution in [0.1, 0.15) is 10.8 Å². The molecule has 0 bridgehead atoms. The number of nitrogens with zero attached hydrogens (tertiary/aromatic N) is 1. The normalized spacial score (nSPS) is 25.0. The van der Waals surface area contributed by atoms with Gasteiger partial charge in [0.2, 0.25) is 0 Å². The second-order valence-corrected chi connectivity index (χ2v) is 6.11. The number of rotatable bonds is 2. The zero-order valence-electron chi connectivity index (χ0n) is 10.6. The Morgan fingerprint density at radius 3 is 3.00 bits per heavy atom. The van der Waals surface area contributed by atoms with Gasteiger partial charge < -0.3 is 4.42 Å². The summed E-state index contributed by atoms with van der Waals surface area (Å²) in [4.78, 5) is 1.97. The lowest BCUT2D eigenvalue weighted by Crippen LogP contribution is -2.42. The van der Waals surface area contributed by atoms with Crippen molar-refractivity contribution in [3.63, 3.8) is 0 Å². The van der Waals surface area contributed by atoms with Crippen LogP contribution in [0.2, 0.25) is 0 Å². The molecule has 3 rings (SSSR count). The third kappa shape index (κ3) is 2.25. The molecule has 2 aromatic rings. The molecular weight excluding hydrogens is 268 g/mol. The predicted molar refractivity (Wildman–Crippen MR) is 73.8 cm³/mol. The van der Waals surface area contributed by atoms with Gasteiger partial charge in [-0.1, -0.05) is 12.1 Å². The first-order valence-electron chi connectivity index (χ1n) is 6.24. The summed E-state index contributed by atoms with van der Waals surface area (Å²) in [7, 11) is 1.89. The summed E-state index contributed by atoms with van der Waals surface area (Å²) in [6, 6.07) is 5.38. The van der Waals surface area contributed by atoms with Crippen molar-refractivity contribution in [1.82, 2.24) is 4.90 Å². The highest BCUT2D eigenvalue weighted by atomic mass is 32.2. The Bertz CT molecular complexity index is 586. The Morgan fingerprint density at radius 2 is 2.26 bits per heavy atom. The van der Waals surface area contributed by atoms with E-state index in [4.69, 9.17) is 4.42 Å². The molecule has 0 amide bonds. The van der Waals surface area contributed by atoms with Gasteiger partial charge in [-0.05, 0) is 13.1 Å². The molecule has 0 aliphatic carbocycles. The van der Waals surface area contributed by atoms with Gasteiger partial charge in [-0.3, -0.25) is 4.90 Å². The van der Waals surface area contributed by atoms with E-state index in [0.717, 1.165) is 5.39 Å². The van der Waals surface area contributed by atoms with Gasteiger partial charge in [0.25, 0.3) is 0 Å². The maximum atomic E-state index is 14.4. The van der Waals surface area contributed by atoms with Crippen molar-refractivity contribution in [3.05, 3.63) is 35.8 Å². The van der Waals surface area contributed by atoms with E-state index in [1.54, 1.807) is 17.8 Å². The predicted octanol–water partition coefficient (Wildman–Crippen LogP) is 3.63. The average Bonchev–Trinajstić information content (AvgIpc) is 2.88. The van der Waals surface area contributed by atoms with Crippen LogP contribution in [0.5, 0.6) is 0 Å². The van der Waals surface area contributed by atoms with Crippen molar-refractivity contribution in [2.24, 2.45) is 0 Å². The summed E-state index contributed by atoms with van der Waals surface area (Å²) in [5.41, 5.74) is 0.963. The molecule has 1 aromatic heterocycles. The van der Waals surface area contributed by atoms with Crippen LogP contribution in [-0.2, 0) is 0 Å². The number of halogens is 2. The minimum atomic E-state index is -0.351. The highest BCUT2D eigenvalue weighted by Crippen LogP contribution is 2.38. The molecule has 1 aliphatic heterocycles. The zero-order valence-corrected chi connectivity index (χ0v) is 11.4. The Kier molecular flexibility index (Phi) is 3.50. The van der Waals surface area contributed by atoms with E-state index in [1.165, 1.54) is 6.26 Å². The fourth-order valence-corrected chi connectivity index (χ4v) is 3.93. The van der Waals surface area contributed by atoms with Crippen LogP contribution in [0, 0.1) is 5.82 Å². The quantitative estimate of drug-likeness (QED) is 0.837. The van der Waals surface area contributed by atoms with Gasteiger partial charge in [0.05, 0.1) is 6.26 Å². The monoisotopic (exact) mass is 283 g/mol. The van der Waals surface area contributed by atoms with Crippen molar-refractivity contribution in [2.75, 3.05) is 26.0 Å². The molecule has 0 radical (unpaired) electrons. The van der Waals surface area contributed by atoms with Crippen LogP contribution < -0.4 is 0 Å². The molecule has 102 valence electrons. The third-order valence-corrected chi connectivity index (χ3v) is 5.07. The minimum absolute atomic E-state index is 0.0299. The molecule has 0 saturated carbocycles. The molecule has 1 fully saturated rings. The summed E-state index contributed by atoms with van der Waals surface area (Å²) >= 11 is 1.61. The Balaban J connectivity index is 1.90. The summed E-state index contributed by atoms with van der Waals surface area (Å²) < 4.78 is 32.3. The van der Waals surface area contributed by atoms with E-state index in [2.05, 4.69) is 0 Å². The SMILES string of the molecule is CN1CC(c2ccc3ccoc3c2F)SCC1CF. The van der Waals surface area contributed by atoms with Crippen LogP contribution in [0.15, 0.2) is 28.9 Å². The number of benzene rings is 1. The van der Waals surface area contributed by atoms with E-state index >= 15 is 0 Å². The van der Waals surface area contributed by atoms with Crippen molar-refractivity contribution in [3.8, 4) is 0 Å². The number of hydrogen-bond donors (Lipinski definition) is 0. The Hall–Kier alpha value is -1.07. The summed E-state index contributed by atoms with van der Waals surface area (Å²) in [6.45, 7) is 0.304. The fraction of sp³-hybridized carbons (Fsp3) is 0.429. The molecule has 1 aromatic carbocycles. The van der Waals surface area contributed by atoms with Crippen LogP contribution in [0.25, 0.3) is 11.0 Å². The lowest BCUT2D eigenvalue weighted by molar-refractivity contribution is 0.212. The number of alkyl halides is 1. The number of thioether (sulfide) groups is 1. The van der Waals surface area contributed by atoms with Crippen LogP contribution in [0.3, 0.4) is 0 Å². The molecule has 1 saturated heterocycles. The first kappa shape index (κ1) is 12.9. The number of fused-ring (bicyclic) bond motifs is 1. The zero-order chi connectivity index (χ0) is 13.4. The van der Waals surface area contributed by atoms with Crippen LogP contribution in [-0.4, -0.2) is 37.0 Å². The first-order valence-corrected chi connectivity index (χ1v) is 7.29. The van der Waals surface area contributed by atoms with Gasteiger partial charge >= 0.3 is 0 Å². The average molecular weight is 283 g/mol. The molecule has 0 spiro atoms. The third-order valence-electron chi connectivity index (χ3n) is 3.68. The Morgan fingerprint density at radius 1 is 1.42 bits per heavy atom. The summed E-state index contributed by atoms with van der Waals surface area (Å²) in [6.07, 6.45) is 1.50. The summed E-state index contributed by atoms with van der Waals surface area (Å²) in [5.74, 6) is 0.403. The lowest BCUT2D eigenvalue weighted by Gasteiger charge is -2.35. The molecule has 0 N–H and O–H groups in total. The van der Waals surface area contributed by atoms with Crippen molar-refractivity contribution in [1.29, 1.82) is 0 Å². The second-order valence-electron chi connectivity index (χ2n) is 4.88. The van der Waals surface area contributed by atoms with E-state index in [-0.39, 0.29) is 23.8 Å². The molecule has 5 heteroatoms. The van der Waals surface area contributed by atoms with Gasteiger partial charge in [-0.15, -0.1) is 0 Å². The maximum Gasteiger partial charge on any atom is 0.170 e. The van der Waals surface area contributed by atoms with Gasteiger partial charge in [0, 0.05) is 34.5 Å². The van der Waals surface area contributed by atoms with E-state index < -0.39 is 0 Å². The second kappa shape index (κ2) is 5.13. The lowest BCUT2D eigenvalue weighted by atomic mass is 10.1. The standard InChI is InChI=1S/C14H15F2NOS/c1-17-7-12(19-8-10(17)6-15)11-3-2-9-4-5-18-14(9)13(11)16/h2-5,10,12H,6-8H2,1H3. The van der Waals surface area contributed by atoms with E-state index in [9.17, 15) is 8.78 Å². The van der Waals surface area contributed by atoms with Crippen molar-refractivity contribution < 1.29 is 13.2 Å². The van der Waals surface area contributed by atoms with Crippen LogP contribution >= 0.6 is 11.8 Å². The fourth-order valence-electron chi connectivity index (χ4n) is 2.43.